The summed E-state index contributed by atoms with van der Waals surface area (Å²) < 4.78 is 6.05. The van der Waals surface area contributed by atoms with Gasteiger partial charge in [-0.3, -0.25) is 4.79 Å². The van der Waals surface area contributed by atoms with E-state index in [2.05, 4.69) is 4.98 Å². The summed E-state index contributed by atoms with van der Waals surface area (Å²) in [5, 5.41) is 1.47. The van der Waals surface area contributed by atoms with Crippen LogP contribution in [0.2, 0.25) is 5.02 Å². The summed E-state index contributed by atoms with van der Waals surface area (Å²) in [6.07, 6.45) is 1.54. The first-order valence-corrected chi connectivity index (χ1v) is 8.08. The second kappa shape index (κ2) is 6.88. The third-order valence-corrected chi connectivity index (χ3v) is 3.98. The van der Waals surface area contributed by atoms with Crippen LogP contribution in [0.4, 0.5) is 0 Å². The van der Waals surface area contributed by atoms with Gasteiger partial charge in [0.1, 0.15) is 12.4 Å². The standard InChI is InChI=1S/C19H18ClNO2/c1-2-6-15-18(23-12-13-7-4-3-5-8-13)16-11-14(20)9-10-17(16)21-19(15)22/h3-5,7-11H,2,6,12H2,1H3,(H,21,22). The Bertz CT molecular complexity index is 872. The Morgan fingerprint density at radius 2 is 1.91 bits per heavy atom. The second-order valence-corrected chi connectivity index (χ2v) is 5.91. The van der Waals surface area contributed by atoms with Gasteiger partial charge in [-0.25, -0.2) is 0 Å². The molecule has 1 N–H and O–H groups in total. The van der Waals surface area contributed by atoms with E-state index in [1.807, 2.05) is 49.4 Å². The first kappa shape index (κ1) is 15.6. The molecule has 1 heterocycles. The van der Waals surface area contributed by atoms with E-state index in [1.54, 1.807) is 6.07 Å². The van der Waals surface area contributed by atoms with E-state index in [4.69, 9.17) is 16.3 Å². The Morgan fingerprint density at radius 3 is 2.65 bits per heavy atom. The molecule has 3 nitrogen and oxygen atoms in total. The van der Waals surface area contributed by atoms with Crippen LogP contribution in [-0.2, 0) is 13.0 Å². The minimum absolute atomic E-state index is 0.0928. The number of hydrogen-bond acceptors (Lipinski definition) is 2. The summed E-state index contributed by atoms with van der Waals surface area (Å²) in [6, 6.07) is 15.3. The van der Waals surface area contributed by atoms with Gasteiger partial charge < -0.3 is 9.72 Å². The zero-order valence-corrected chi connectivity index (χ0v) is 13.7. The minimum Gasteiger partial charge on any atom is -0.488 e. The molecule has 0 unspecified atom stereocenters. The normalized spacial score (nSPS) is 10.9. The van der Waals surface area contributed by atoms with Crippen LogP contribution in [0.25, 0.3) is 10.9 Å². The number of fused-ring (bicyclic) bond motifs is 1. The third kappa shape index (κ3) is 3.40. The zero-order valence-electron chi connectivity index (χ0n) is 12.9. The van der Waals surface area contributed by atoms with Crippen LogP contribution in [-0.4, -0.2) is 4.98 Å². The Hall–Kier alpha value is -2.26. The van der Waals surface area contributed by atoms with Crippen molar-refractivity contribution < 1.29 is 4.74 Å². The van der Waals surface area contributed by atoms with Gasteiger partial charge in [-0.05, 0) is 30.2 Å². The van der Waals surface area contributed by atoms with Crippen LogP contribution < -0.4 is 10.3 Å². The molecule has 0 aliphatic rings. The number of benzene rings is 2. The monoisotopic (exact) mass is 327 g/mol. The smallest absolute Gasteiger partial charge is 0.255 e. The number of pyridine rings is 1. The van der Waals surface area contributed by atoms with Crippen molar-refractivity contribution in [1.29, 1.82) is 0 Å². The largest absolute Gasteiger partial charge is 0.488 e. The maximum atomic E-state index is 12.4. The van der Waals surface area contributed by atoms with Gasteiger partial charge in [0.2, 0.25) is 0 Å². The number of aromatic amines is 1. The topological polar surface area (TPSA) is 42.1 Å². The number of hydrogen-bond donors (Lipinski definition) is 1. The number of H-pyrrole nitrogens is 1. The Balaban J connectivity index is 2.08. The third-order valence-electron chi connectivity index (χ3n) is 3.75. The van der Waals surface area contributed by atoms with Gasteiger partial charge in [-0.2, -0.15) is 0 Å². The van der Waals surface area contributed by atoms with E-state index in [9.17, 15) is 4.79 Å². The highest BCUT2D eigenvalue weighted by molar-refractivity contribution is 6.31. The molecule has 4 heteroatoms. The van der Waals surface area contributed by atoms with Gasteiger partial charge >= 0.3 is 0 Å². The van der Waals surface area contributed by atoms with Crippen molar-refractivity contribution in [3.63, 3.8) is 0 Å². The van der Waals surface area contributed by atoms with E-state index in [-0.39, 0.29) is 5.56 Å². The van der Waals surface area contributed by atoms with E-state index in [1.165, 1.54) is 0 Å². The maximum absolute atomic E-state index is 12.4. The molecule has 0 aliphatic carbocycles. The quantitative estimate of drug-likeness (QED) is 0.737. The van der Waals surface area contributed by atoms with Crippen molar-refractivity contribution in [1.82, 2.24) is 4.98 Å². The van der Waals surface area contributed by atoms with E-state index >= 15 is 0 Å². The number of aromatic nitrogens is 1. The molecule has 0 radical (unpaired) electrons. The molecule has 0 spiro atoms. The average molecular weight is 328 g/mol. The summed E-state index contributed by atoms with van der Waals surface area (Å²) in [7, 11) is 0. The van der Waals surface area contributed by atoms with E-state index < -0.39 is 0 Å². The first-order chi connectivity index (χ1) is 11.2. The van der Waals surface area contributed by atoms with Gasteiger partial charge in [0.05, 0.1) is 11.1 Å². The lowest BCUT2D eigenvalue weighted by Crippen LogP contribution is -2.15. The van der Waals surface area contributed by atoms with Crippen LogP contribution in [0, 0.1) is 0 Å². The Kier molecular flexibility index (Phi) is 4.68. The fraction of sp³-hybridized carbons (Fsp3) is 0.211. The highest BCUT2D eigenvalue weighted by Crippen LogP contribution is 2.30. The molecule has 0 saturated heterocycles. The van der Waals surface area contributed by atoms with Crippen molar-refractivity contribution >= 4 is 22.5 Å². The van der Waals surface area contributed by atoms with Crippen LogP contribution in [0.3, 0.4) is 0 Å². The lowest BCUT2D eigenvalue weighted by atomic mass is 10.1. The molecule has 3 rings (SSSR count). The average Bonchev–Trinajstić information content (AvgIpc) is 2.56. The molecule has 0 saturated carbocycles. The molecule has 2 aromatic carbocycles. The first-order valence-electron chi connectivity index (χ1n) is 7.70. The number of nitrogens with one attached hydrogen (secondary N) is 1. The maximum Gasteiger partial charge on any atom is 0.255 e. The molecular formula is C19H18ClNO2. The molecule has 0 bridgehead atoms. The predicted molar refractivity (Wildman–Crippen MR) is 94.3 cm³/mol. The van der Waals surface area contributed by atoms with Crippen molar-refractivity contribution in [3.8, 4) is 5.75 Å². The summed E-state index contributed by atoms with van der Waals surface area (Å²) in [5.41, 5.74) is 2.38. The highest BCUT2D eigenvalue weighted by Gasteiger charge is 2.14. The number of rotatable bonds is 5. The SMILES string of the molecule is CCCc1c(OCc2ccccc2)c2cc(Cl)ccc2[nH]c1=O. The summed E-state index contributed by atoms with van der Waals surface area (Å²) in [6.45, 7) is 2.46. The molecule has 23 heavy (non-hydrogen) atoms. The van der Waals surface area contributed by atoms with Gasteiger partial charge in [0.15, 0.2) is 0 Å². The van der Waals surface area contributed by atoms with E-state index in [0.717, 1.165) is 22.9 Å². The van der Waals surface area contributed by atoms with Crippen molar-refractivity contribution in [2.75, 3.05) is 0 Å². The predicted octanol–water partition coefficient (Wildman–Crippen LogP) is 4.71. The van der Waals surface area contributed by atoms with Crippen molar-refractivity contribution in [2.45, 2.75) is 26.4 Å². The molecule has 1 aromatic heterocycles. The molecular weight excluding hydrogens is 310 g/mol. The molecule has 0 atom stereocenters. The van der Waals surface area contributed by atoms with Crippen LogP contribution in [0.5, 0.6) is 5.75 Å². The molecule has 3 aromatic rings. The van der Waals surface area contributed by atoms with Crippen molar-refractivity contribution in [2.24, 2.45) is 0 Å². The van der Waals surface area contributed by atoms with Gasteiger partial charge in [-0.1, -0.05) is 55.3 Å². The lowest BCUT2D eigenvalue weighted by molar-refractivity contribution is 0.306. The van der Waals surface area contributed by atoms with Gasteiger partial charge in [0, 0.05) is 10.4 Å². The highest BCUT2D eigenvalue weighted by atomic mass is 35.5. The van der Waals surface area contributed by atoms with Crippen LogP contribution >= 0.6 is 11.6 Å². The minimum atomic E-state index is -0.0928. The zero-order chi connectivity index (χ0) is 16.2. The lowest BCUT2D eigenvalue weighted by Gasteiger charge is -2.14. The van der Waals surface area contributed by atoms with E-state index in [0.29, 0.717) is 29.4 Å². The van der Waals surface area contributed by atoms with Crippen molar-refractivity contribution in [3.05, 3.63) is 75.0 Å². The molecule has 118 valence electrons. The Labute approximate surface area is 139 Å². The number of ether oxygens (including phenoxy) is 1. The summed E-state index contributed by atoms with van der Waals surface area (Å²) >= 11 is 6.13. The van der Waals surface area contributed by atoms with Gasteiger partial charge in [-0.15, -0.1) is 0 Å². The van der Waals surface area contributed by atoms with Gasteiger partial charge in [0.25, 0.3) is 5.56 Å². The molecule has 0 amide bonds. The summed E-state index contributed by atoms with van der Waals surface area (Å²) in [4.78, 5) is 15.3. The summed E-state index contributed by atoms with van der Waals surface area (Å²) in [5.74, 6) is 0.636. The fourth-order valence-corrected chi connectivity index (χ4v) is 2.82. The molecule has 0 aliphatic heterocycles. The van der Waals surface area contributed by atoms with Crippen LogP contribution in [0.15, 0.2) is 53.3 Å². The second-order valence-electron chi connectivity index (χ2n) is 5.48. The number of halogens is 1. The Morgan fingerprint density at radius 1 is 1.13 bits per heavy atom. The fourth-order valence-electron chi connectivity index (χ4n) is 2.65. The molecule has 0 fully saturated rings. The van der Waals surface area contributed by atoms with Crippen LogP contribution in [0.1, 0.15) is 24.5 Å².